The molecular formula is C34H41ClN8O3. The predicted molar refractivity (Wildman–Crippen MR) is 179 cm³/mol. The Bertz CT molecular complexity index is 1790. The zero-order valence-electron chi connectivity index (χ0n) is 26.7. The maximum Gasteiger partial charge on any atom is 0.265 e. The zero-order chi connectivity index (χ0) is 32.3. The SMILES string of the molecule is CNC(O)c1cc(Nc2nc(-c3cnc4c(c3)N(C3CC(N5CCCCC5)C3)C(=O)C4(C)O)cc3ncn(C(C)C)c23)ccc1Cl. The summed E-state index contributed by atoms with van der Waals surface area (Å²) in [4.78, 5) is 32.4. The summed E-state index contributed by atoms with van der Waals surface area (Å²) in [6, 6.07) is 9.84. The third-order valence-corrected chi connectivity index (χ3v) is 10.2. The van der Waals surface area contributed by atoms with E-state index in [9.17, 15) is 15.0 Å². The normalized spacial score (nSPS) is 24.0. The van der Waals surface area contributed by atoms with Gasteiger partial charge in [0.25, 0.3) is 5.91 Å². The van der Waals surface area contributed by atoms with E-state index in [4.69, 9.17) is 21.6 Å². The summed E-state index contributed by atoms with van der Waals surface area (Å²) in [5, 5.41) is 28.4. The van der Waals surface area contributed by atoms with Gasteiger partial charge in [-0.15, -0.1) is 0 Å². The molecule has 2 aliphatic heterocycles. The number of imidazole rings is 1. The molecule has 2 atom stereocenters. The van der Waals surface area contributed by atoms with Crippen LogP contribution in [0.1, 0.15) is 76.4 Å². The van der Waals surface area contributed by atoms with Gasteiger partial charge >= 0.3 is 0 Å². The lowest BCUT2D eigenvalue weighted by atomic mass is 9.83. The van der Waals surface area contributed by atoms with Crippen LogP contribution in [0, 0.1) is 0 Å². The van der Waals surface area contributed by atoms with E-state index in [-0.39, 0.29) is 18.0 Å². The number of piperidine rings is 1. The lowest BCUT2D eigenvalue weighted by molar-refractivity contribution is -0.135. The van der Waals surface area contributed by atoms with Crippen molar-refractivity contribution >= 4 is 45.7 Å². The molecule has 1 aromatic carbocycles. The van der Waals surface area contributed by atoms with Crippen molar-refractivity contribution in [2.75, 3.05) is 30.4 Å². The Morgan fingerprint density at radius 2 is 1.83 bits per heavy atom. The number of hydrogen-bond donors (Lipinski definition) is 4. The van der Waals surface area contributed by atoms with Gasteiger partial charge in [0, 0.05) is 46.2 Å². The lowest BCUT2D eigenvalue weighted by Crippen LogP contribution is -2.57. The number of pyridine rings is 2. The van der Waals surface area contributed by atoms with E-state index in [1.54, 1.807) is 36.6 Å². The van der Waals surface area contributed by atoms with E-state index < -0.39 is 11.8 Å². The van der Waals surface area contributed by atoms with Gasteiger partial charge in [0.1, 0.15) is 17.4 Å². The van der Waals surface area contributed by atoms with Gasteiger partial charge in [0.15, 0.2) is 11.4 Å². The van der Waals surface area contributed by atoms with Gasteiger partial charge in [-0.3, -0.25) is 15.1 Å². The number of amides is 1. The Morgan fingerprint density at radius 1 is 1.07 bits per heavy atom. The first-order valence-corrected chi connectivity index (χ1v) is 16.5. The van der Waals surface area contributed by atoms with Gasteiger partial charge in [-0.25, -0.2) is 9.97 Å². The van der Waals surface area contributed by atoms with E-state index in [1.165, 1.54) is 26.2 Å². The van der Waals surface area contributed by atoms with Crippen LogP contribution in [0.4, 0.5) is 17.2 Å². The van der Waals surface area contributed by atoms with E-state index in [1.807, 2.05) is 18.2 Å². The topological polar surface area (TPSA) is 132 Å². The van der Waals surface area contributed by atoms with Crippen LogP contribution in [0.15, 0.2) is 42.9 Å². The smallest absolute Gasteiger partial charge is 0.265 e. The van der Waals surface area contributed by atoms with Gasteiger partial charge < -0.3 is 29.9 Å². The molecule has 2 unspecified atom stereocenters. The van der Waals surface area contributed by atoms with Crippen LogP contribution in [-0.2, 0) is 10.4 Å². The molecule has 12 heteroatoms. The van der Waals surface area contributed by atoms with Crippen LogP contribution in [0.2, 0.25) is 5.02 Å². The van der Waals surface area contributed by atoms with E-state index >= 15 is 0 Å². The van der Waals surface area contributed by atoms with Crippen molar-refractivity contribution in [1.29, 1.82) is 0 Å². The van der Waals surface area contributed by atoms with Crippen molar-refractivity contribution in [1.82, 2.24) is 29.7 Å². The molecule has 0 radical (unpaired) electrons. The Hall–Kier alpha value is -3.61. The molecule has 1 amide bonds. The number of aromatic nitrogens is 4. The largest absolute Gasteiger partial charge is 0.374 e. The minimum absolute atomic E-state index is 0.0191. The van der Waals surface area contributed by atoms with Crippen LogP contribution >= 0.6 is 11.6 Å². The summed E-state index contributed by atoms with van der Waals surface area (Å²) >= 11 is 6.38. The Labute approximate surface area is 273 Å². The van der Waals surface area contributed by atoms with Gasteiger partial charge in [-0.05, 0) is 96.9 Å². The highest BCUT2D eigenvalue weighted by molar-refractivity contribution is 6.31. The second-order valence-electron chi connectivity index (χ2n) is 13.2. The maximum atomic E-state index is 13.6. The van der Waals surface area contributed by atoms with Crippen LogP contribution < -0.4 is 15.5 Å². The zero-order valence-corrected chi connectivity index (χ0v) is 27.4. The highest BCUT2D eigenvalue weighted by atomic mass is 35.5. The predicted octanol–water partition coefficient (Wildman–Crippen LogP) is 5.25. The van der Waals surface area contributed by atoms with Crippen molar-refractivity contribution in [3.63, 3.8) is 0 Å². The van der Waals surface area contributed by atoms with Gasteiger partial charge in [0.2, 0.25) is 0 Å². The van der Waals surface area contributed by atoms with Crippen LogP contribution in [0.25, 0.3) is 22.3 Å². The van der Waals surface area contributed by atoms with Crippen molar-refractivity contribution < 1.29 is 15.0 Å². The number of halogens is 1. The second kappa shape index (κ2) is 11.9. The minimum Gasteiger partial charge on any atom is -0.374 e. The molecule has 1 saturated heterocycles. The number of nitrogens with zero attached hydrogens (tertiary/aromatic N) is 6. The number of carbonyl (C=O) groups is 1. The average molecular weight is 645 g/mol. The monoisotopic (exact) mass is 644 g/mol. The molecule has 2 fully saturated rings. The number of likely N-dealkylation sites (tertiary alicyclic amines) is 1. The summed E-state index contributed by atoms with van der Waals surface area (Å²) in [6.45, 7) is 7.95. The van der Waals surface area contributed by atoms with Crippen molar-refractivity contribution in [3.05, 3.63) is 59.1 Å². The fourth-order valence-electron chi connectivity index (χ4n) is 7.12. The molecule has 0 spiro atoms. The third kappa shape index (κ3) is 5.24. The number of carbonyl (C=O) groups excluding carboxylic acids is 1. The summed E-state index contributed by atoms with van der Waals surface area (Å²) in [5.41, 5.74) is 3.49. The molecule has 4 aromatic rings. The number of aliphatic hydroxyl groups excluding tert-OH is 1. The molecule has 4 N–H and O–H groups in total. The number of rotatable bonds is 8. The number of fused-ring (bicyclic) bond motifs is 2. The molecule has 1 aliphatic carbocycles. The lowest BCUT2D eigenvalue weighted by Gasteiger charge is -2.47. The average Bonchev–Trinajstić information content (AvgIpc) is 3.55. The van der Waals surface area contributed by atoms with Gasteiger partial charge in [0.05, 0.1) is 23.2 Å². The molecule has 46 heavy (non-hydrogen) atoms. The van der Waals surface area contributed by atoms with Crippen LogP contribution in [0.3, 0.4) is 0 Å². The highest BCUT2D eigenvalue weighted by Gasteiger charge is 2.52. The molecule has 242 valence electrons. The minimum atomic E-state index is -1.69. The number of aliphatic hydroxyl groups is 2. The fraction of sp³-hybridized carbons (Fsp3) is 0.471. The van der Waals surface area contributed by atoms with Crippen molar-refractivity contribution in [3.8, 4) is 11.3 Å². The molecular weight excluding hydrogens is 604 g/mol. The van der Waals surface area contributed by atoms with E-state index in [0.717, 1.165) is 37.0 Å². The molecule has 3 aromatic heterocycles. The second-order valence-corrected chi connectivity index (χ2v) is 13.6. The molecule has 3 aliphatic rings. The molecule has 1 saturated carbocycles. The highest BCUT2D eigenvalue weighted by Crippen LogP contribution is 2.46. The van der Waals surface area contributed by atoms with Crippen molar-refractivity contribution in [2.45, 2.75) is 82.8 Å². The number of benzene rings is 1. The maximum absolute atomic E-state index is 13.6. The van der Waals surface area contributed by atoms with E-state index in [0.29, 0.717) is 50.8 Å². The number of hydrogen-bond acceptors (Lipinski definition) is 9. The Kier molecular flexibility index (Phi) is 8.01. The standard InChI is InChI=1S/C34H41ClN8O3/c1-19(2)42-18-38-27-16-26(40-31(29(27)42)39-21-8-9-25(35)24(13-21)32(44)36-4)20-12-28-30(37-17-20)34(3,46)33(45)43(28)23-14-22(15-23)41-10-6-5-7-11-41/h8-9,12-13,16-19,22-23,32,36,44,46H,5-7,10-11,14-15H2,1-4H3,(H,39,40). The summed E-state index contributed by atoms with van der Waals surface area (Å²) < 4.78 is 2.06. The summed E-state index contributed by atoms with van der Waals surface area (Å²) in [5.74, 6) is 0.257. The van der Waals surface area contributed by atoms with Gasteiger partial charge in [-0.2, -0.15) is 0 Å². The van der Waals surface area contributed by atoms with Crippen LogP contribution in [-0.4, -0.2) is 72.8 Å². The van der Waals surface area contributed by atoms with E-state index in [2.05, 4.69) is 38.9 Å². The van der Waals surface area contributed by atoms with Crippen molar-refractivity contribution in [2.24, 2.45) is 0 Å². The first-order valence-electron chi connectivity index (χ1n) is 16.2. The Balaban J connectivity index is 1.26. The number of nitrogens with one attached hydrogen (secondary N) is 2. The Morgan fingerprint density at radius 3 is 2.54 bits per heavy atom. The number of anilines is 3. The first-order chi connectivity index (χ1) is 22.1. The summed E-state index contributed by atoms with van der Waals surface area (Å²) in [6.07, 6.45) is 8.08. The first kappa shape index (κ1) is 31.0. The summed E-state index contributed by atoms with van der Waals surface area (Å²) in [7, 11) is 1.66. The fourth-order valence-corrected chi connectivity index (χ4v) is 7.34. The third-order valence-electron chi connectivity index (χ3n) is 9.81. The molecule has 0 bridgehead atoms. The molecule has 11 nitrogen and oxygen atoms in total. The molecule has 5 heterocycles. The van der Waals surface area contributed by atoms with Gasteiger partial charge in [-0.1, -0.05) is 18.0 Å². The van der Waals surface area contributed by atoms with Crippen LogP contribution in [0.5, 0.6) is 0 Å². The molecule has 7 rings (SSSR count). The quantitative estimate of drug-likeness (QED) is 0.190.